The number of hydrogen-bond acceptors (Lipinski definition) is 7. The third-order valence-corrected chi connectivity index (χ3v) is 6.67. The van der Waals surface area contributed by atoms with Gasteiger partial charge in [0.15, 0.2) is 0 Å². The molecule has 5 heterocycles. The molecule has 2 amide bonds. The Hall–Kier alpha value is -4.32. The van der Waals surface area contributed by atoms with Gasteiger partial charge in [-0.05, 0) is 44.6 Å². The van der Waals surface area contributed by atoms with Gasteiger partial charge in [-0.15, -0.1) is 0 Å². The normalized spacial score (nSPS) is 19.3. The molecule has 0 radical (unpaired) electrons. The number of pyridine rings is 1. The quantitative estimate of drug-likeness (QED) is 0.485. The molecular weight excluding hydrogens is 493 g/mol. The lowest BCUT2D eigenvalue weighted by atomic mass is 10.1. The van der Waals surface area contributed by atoms with Crippen LogP contribution >= 0.6 is 0 Å². The van der Waals surface area contributed by atoms with Crippen LogP contribution in [0, 0.1) is 6.92 Å². The van der Waals surface area contributed by atoms with E-state index in [4.69, 9.17) is 4.74 Å². The van der Waals surface area contributed by atoms with Crippen LogP contribution in [0.25, 0.3) is 17.0 Å². The van der Waals surface area contributed by atoms with E-state index in [9.17, 15) is 18.8 Å². The van der Waals surface area contributed by atoms with Crippen molar-refractivity contribution in [2.24, 2.45) is 0 Å². The van der Waals surface area contributed by atoms with Gasteiger partial charge in [-0.25, -0.2) is 4.39 Å². The lowest BCUT2D eigenvalue weighted by Gasteiger charge is -2.30. The fourth-order valence-electron chi connectivity index (χ4n) is 4.69. The Balaban J connectivity index is 1.60. The maximum absolute atomic E-state index is 13.6. The molecule has 2 N–H and O–H groups in total. The Labute approximate surface area is 217 Å². The lowest BCUT2D eigenvalue weighted by molar-refractivity contribution is -0.123. The number of carbonyl (C=O) groups excluding carboxylic acids is 2. The Morgan fingerprint density at radius 1 is 1.32 bits per heavy atom. The maximum Gasteiger partial charge on any atom is 0.280 e. The van der Waals surface area contributed by atoms with Crippen molar-refractivity contribution in [3.8, 4) is 11.4 Å². The van der Waals surface area contributed by atoms with Crippen molar-refractivity contribution in [1.82, 2.24) is 34.7 Å². The van der Waals surface area contributed by atoms with Gasteiger partial charge in [0, 0.05) is 25.6 Å². The molecule has 198 valence electrons. The molecule has 2 atom stereocenters. The second-order valence-corrected chi connectivity index (χ2v) is 9.73. The summed E-state index contributed by atoms with van der Waals surface area (Å²) in [7, 11) is 1.54. The average molecular weight is 522 g/mol. The summed E-state index contributed by atoms with van der Waals surface area (Å²) in [6, 6.07) is 5.02. The number of aryl methyl sites for hydroxylation is 1. The number of amides is 2. The zero-order chi connectivity index (χ0) is 27.2. The van der Waals surface area contributed by atoms with Crippen molar-refractivity contribution in [3.05, 3.63) is 75.7 Å². The third kappa shape index (κ3) is 4.47. The van der Waals surface area contributed by atoms with Crippen molar-refractivity contribution in [2.75, 3.05) is 13.7 Å². The highest BCUT2D eigenvalue weighted by atomic mass is 19.1. The molecule has 0 aromatic carbocycles. The summed E-state index contributed by atoms with van der Waals surface area (Å²) in [5.41, 5.74) is 1.14. The third-order valence-electron chi connectivity index (χ3n) is 6.67. The molecule has 2 aliphatic heterocycles. The van der Waals surface area contributed by atoms with Crippen LogP contribution < -0.4 is 16.2 Å². The summed E-state index contributed by atoms with van der Waals surface area (Å²) in [4.78, 5) is 46.3. The highest BCUT2D eigenvalue weighted by Crippen LogP contribution is 2.26. The molecule has 12 heteroatoms. The van der Waals surface area contributed by atoms with Crippen molar-refractivity contribution in [2.45, 2.75) is 45.6 Å². The number of ether oxygens (including phenoxy) is 1. The molecule has 0 fully saturated rings. The molecule has 0 spiro atoms. The number of halogens is 1. The van der Waals surface area contributed by atoms with Crippen LogP contribution in [0.3, 0.4) is 0 Å². The molecule has 1 unspecified atom stereocenters. The lowest BCUT2D eigenvalue weighted by Crippen LogP contribution is -2.55. The number of nitrogens with one attached hydrogen (secondary N) is 2. The van der Waals surface area contributed by atoms with Crippen molar-refractivity contribution >= 4 is 17.5 Å². The number of allylic oxidation sites excluding steroid dienone is 2. The molecule has 0 aliphatic carbocycles. The fraction of sp³-hybridized carbons (Fsp3) is 0.346. The van der Waals surface area contributed by atoms with Crippen LogP contribution in [0.2, 0.25) is 0 Å². The van der Waals surface area contributed by atoms with Gasteiger partial charge in [0.05, 0.1) is 30.5 Å². The van der Waals surface area contributed by atoms with Crippen LogP contribution in [0.1, 0.15) is 35.5 Å². The average Bonchev–Trinajstić information content (AvgIpc) is 3.47. The van der Waals surface area contributed by atoms with Crippen LogP contribution in [0.5, 0.6) is 0 Å². The fourth-order valence-corrected chi connectivity index (χ4v) is 4.69. The van der Waals surface area contributed by atoms with Crippen LogP contribution in [0.4, 0.5) is 4.39 Å². The molecule has 0 saturated carbocycles. The van der Waals surface area contributed by atoms with E-state index in [0.29, 0.717) is 11.4 Å². The molecule has 2 aliphatic rings. The topological polar surface area (TPSA) is 123 Å². The standard InChI is InChI=1S/C26H28FN7O4/c1-15-5-6-19(28-10-15)20-9-22-33(13-21(35)30-26(3)8-7-17(27)11-29-26)23-18(24(36)34(22)31-20)12-32(25(23)37)16(2)14-38-4/h5-11,16,29H,12-14H2,1-4H3,(H,30,35)/t16-,26?/m0/s1. The predicted molar refractivity (Wildman–Crippen MR) is 137 cm³/mol. The second-order valence-electron chi connectivity index (χ2n) is 9.73. The van der Waals surface area contributed by atoms with Crippen molar-refractivity contribution < 1.29 is 18.7 Å². The minimum Gasteiger partial charge on any atom is -0.383 e. The minimum atomic E-state index is -1.04. The number of rotatable bonds is 7. The number of nitrogens with zero attached hydrogens (tertiary/aromatic N) is 5. The van der Waals surface area contributed by atoms with E-state index in [-0.39, 0.29) is 48.5 Å². The molecule has 5 rings (SSSR count). The van der Waals surface area contributed by atoms with E-state index < -0.39 is 23.0 Å². The van der Waals surface area contributed by atoms with E-state index in [0.717, 1.165) is 11.8 Å². The first-order chi connectivity index (χ1) is 18.1. The monoisotopic (exact) mass is 521 g/mol. The Bertz CT molecular complexity index is 1560. The summed E-state index contributed by atoms with van der Waals surface area (Å²) >= 11 is 0. The van der Waals surface area contributed by atoms with E-state index >= 15 is 0 Å². The van der Waals surface area contributed by atoms with E-state index in [1.165, 1.54) is 28.3 Å². The Morgan fingerprint density at radius 2 is 2.11 bits per heavy atom. The van der Waals surface area contributed by atoms with E-state index in [2.05, 4.69) is 20.7 Å². The molecule has 0 bridgehead atoms. The van der Waals surface area contributed by atoms with Crippen LogP contribution in [-0.2, 0) is 22.6 Å². The van der Waals surface area contributed by atoms with Crippen molar-refractivity contribution in [1.29, 1.82) is 0 Å². The molecule has 3 aromatic heterocycles. The highest BCUT2D eigenvalue weighted by molar-refractivity contribution is 5.98. The first-order valence-electron chi connectivity index (χ1n) is 12.1. The number of dihydropyridines is 1. The molecule has 11 nitrogen and oxygen atoms in total. The van der Waals surface area contributed by atoms with Crippen LogP contribution in [0.15, 0.2) is 53.4 Å². The van der Waals surface area contributed by atoms with Crippen molar-refractivity contribution in [3.63, 3.8) is 0 Å². The number of carbonyl (C=O) groups is 2. The summed E-state index contributed by atoms with van der Waals surface area (Å²) in [6.07, 6.45) is 5.60. The SMILES string of the molecule is COC[C@H](C)N1Cc2c(n(CC(=O)NC3(C)C=CC(F)=CN3)c3cc(-c4ccc(C)cn4)nn3c2=O)C1=O. The Kier molecular flexibility index (Phi) is 6.35. The van der Waals surface area contributed by atoms with Gasteiger partial charge in [-0.3, -0.25) is 19.4 Å². The highest BCUT2D eigenvalue weighted by Gasteiger charge is 2.38. The summed E-state index contributed by atoms with van der Waals surface area (Å²) in [6.45, 7) is 5.49. The first kappa shape index (κ1) is 25.3. The smallest absolute Gasteiger partial charge is 0.280 e. The summed E-state index contributed by atoms with van der Waals surface area (Å²) in [5, 5.41) is 10.1. The summed E-state index contributed by atoms with van der Waals surface area (Å²) < 4.78 is 21.4. The molecular formula is C26H28FN7O4. The number of fused-ring (bicyclic) bond motifs is 2. The van der Waals surface area contributed by atoms with Gasteiger partial charge in [-0.1, -0.05) is 6.07 Å². The van der Waals surface area contributed by atoms with Gasteiger partial charge in [0.1, 0.15) is 35.1 Å². The van der Waals surface area contributed by atoms with Gasteiger partial charge < -0.3 is 24.8 Å². The number of aromatic nitrogens is 4. The van der Waals surface area contributed by atoms with Gasteiger partial charge in [-0.2, -0.15) is 9.61 Å². The van der Waals surface area contributed by atoms with Gasteiger partial charge >= 0.3 is 0 Å². The molecule has 38 heavy (non-hydrogen) atoms. The minimum absolute atomic E-state index is 0.0686. The first-order valence-corrected chi connectivity index (χ1v) is 12.1. The second kappa shape index (κ2) is 9.53. The summed E-state index contributed by atoms with van der Waals surface area (Å²) in [5.74, 6) is -1.30. The van der Waals surface area contributed by atoms with Gasteiger partial charge in [0.25, 0.3) is 11.5 Å². The van der Waals surface area contributed by atoms with E-state index in [1.807, 2.05) is 19.9 Å². The predicted octanol–water partition coefficient (Wildman–Crippen LogP) is 1.66. The van der Waals surface area contributed by atoms with Gasteiger partial charge in [0.2, 0.25) is 5.91 Å². The largest absolute Gasteiger partial charge is 0.383 e. The van der Waals surface area contributed by atoms with E-state index in [1.54, 1.807) is 30.2 Å². The zero-order valence-electron chi connectivity index (χ0n) is 21.5. The molecule has 3 aromatic rings. The zero-order valence-corrected chi connectivity index (χ0v) is 21.5. The maximum atomic E-state index is 13.6. The Morgan fingerprint density at radius 3 is 2.76 bits per heavy atom. The van der Waals surface area contributed by atoms with Crippen LogP contribution in [-0.4, -0.2) is 61.3 Å². The molecule has 0 saturated heterocycles. The number of hydrogen-bond donors (Lipinski definition) is 2. The number of methoxy groups -OCH3 is 1.